The normalized spacial score (nSPS) is 11.3. The van der Waals surface area contributed by atoms with Crippen molar-refractivity contribution in [2.45, 2.75) is 25.7 Å². The van der Waals surface area contributed by atoms with Gasteiger partial charge in [-0.3, -0.25) is 9.10 Å². The first-order valence-corrected chi connectivity index (χ1v) is 13.1. The van der Waals surface area contributed by atoms with E-state index < -0.39 is 22.5 Å². The third-order valence-electron chi connectivity index (χ3n) is 5.65. The van der Waals surface area contributed by atoms with E-state index in [1.165, 1.54) is 25.5 Å². The number of hydrogen-bond donors (Lipinski definition) is 1. The van der Waals surface area contributed by atoms with Crippen LogP contribution in [0.4, 0.5) is 11.4 Å². The first kappa shape index (κ1) is 26.7. The highest BCUT2D eigenvalue weighted by atomic mass is 32.2. The molecule has 36 heavy (non-hydrogen) atoms. The zero-order chi connectivity index (χ0) is 26.1. The molecule has 0 saturated carbocycles. The minimum absolute atomic E-state index is 0.0677. The van der Waals surface area contributed by atoms with Gasteiger partial charge in [0.25, 0.3) is 15.9 Å². The van der Waals surface area contributed by atoms with Crippen LogP contribution >= 0.6 is 0 Å². The van der Waals surface area contributed by atoms with Gasteiger partial charge in [-0.05, 0) is 68.3 Å². The number of hydrogen-bond acceptors (Lipinski definition) is 6. The summed E-state index contributed by atoms with van der Waals surface area (Å²) in [5.41, 5.74) is 5.45. The number of methoxy groups -OCH3 is 1. The minimum atomic E-state index is -4.06. The first-order valence-electron chi connectivity index (χ1n) is 11.7. The van der Waals surface area contributed by atoms with Crippen LogP contribution in [0.3, 0.4) is 0 Å². The monoisotopic (exact) mass is 508 g/mol. The van der Waals surface area contributed by atoms with Crippen LogP contribution < -0.4 is 19.4 Å². The Balaban J connectivity index is 1.82. The van der Waals surface area contributed by atoms with Crippen LogP contribution in [-0.4, -0.2) is 47.3 Å². The number of aryl methyl sites for hydroxylation is 1. The number of ether oxygens (including phenoxy) is 1. The molecule has 0 spiro atoms. The van der Waals surface area contributed by atoms with E-state index in [-0.39, 0.29) is 10.6 Å². The molecule has 0 bridgehead atoms. The van der Waals surface area contributed by atoms with Crippen molar-refractivity contribution in [2.24, 2.45) is 5.10 Å². The van der Waals surface area contributed by atoms with E-state index in [9.17, 15) is 13.2 Å². The summed E-state index contributed by atoms with van der Waals surface area (Å²) in [6.45, 7) is 7.38. The molecule has 1 N–H and O–H groups in total. The number of amides is 1. The summed E-state index contributed by atoms with van der Waals surface area (Å²) >= 11 is 0. The molecule has 0 saturated heterocycles. The number of nitrogens with zero attached hydrogens (tertiary/aromatic N) is 3. The van der Waals surface area contributed by atoms with Crippen molar-refractivity contribution in [1.29, 1.82) is 0 Å². The largest absolute Gasteiger partial charge is 0.495 e. The summed E-state index contributed by atoms with van der Waals surface area (Å²) in [6.07, 6.45) is 1.52. The number of sulfonamides is 1. The molecule has 1 amide bonds. The van der Waals surface area contributed by atoms with Gasteiger partial charge in [-0.15, -0.1) is 0 Å². The van der Waals surface area contributed by atoms with Gasteiger partial charge in [0.2, 0.25) is 0 Å². The van der Waals surface area contributed by atoms with Crippen LogP contribution in [0.1, 0.15) is 25.0 Å². The van der Waals surface area contributed by atoms with Crippen molar-refractivity contribution >= 4 is 33.5 Å². The molecule has 3 aromatic rings. The Hall–Kier alpha value is -3.85. The van der Waals surface area contributed by atoms with Crippen LogP contribution in [0.25, 0.3) is 0 Å². The molecule has 0 fully saturated rings. The van der Waals surface area contributed by atoms with Gasteiger partial charge in [-0.2, -0.15) is 5.10 Å². The molecule has 0 atom stereocenters. The van der Waals surface area contributed by atoms with E-state index in [2.05, 4.69) is 29.3 Å². The summed E-state index contributed by atoms with van der Waals surface area (Å²) in [5, 5.41) is 4.03. The van der Waals surface area contributed by atoms with Crippen molar-refractivity contribution in [3.05, 3.63) is 83.9 Å². The molecule has 0 unspecified atom stereocenters. The molecule has 0 aromatic heterocycles. The fourth-order valence-electron chi connectivity index (χ4n) is 3.72. The number of nitrogens with one attached hydrogen (secondary N) is 1. The van der Waals surface area contributed by atoms with Crippen molar-refractivity contribution in [1.82, 2.24) is 5.43 Å². The summed E-state index contributed by atoms with van der Waals surface area (Å²) in [6, 6.07) is 20.9. The van der Waals surface area contributed by atoms with E-state index in [1.54, 1.807) is 30.3 Å². The molecular weight excluding hydrogens is 476 g/mol. The number of carbonyl (C=O) groups is 1. The van der Waals surface area contributed by atoms with E-state index >= 15 is 0 Å². The Kier molecular flexibility index (Phi) is 9.08. The maximum Gasteiger partial charge on any atom is 0.264 e. The van der Waals surface area contributed by atoms with Crippen LogP contribution in [0.2, 0.25) is 0 Å². The van der Waals surface area contributed by atoms with Gasteiger partial charge in [0.05, 0.1) is 23.9 Å². The number of carbonyl (C=O) groups excluding carboxylic acids is 1. The Bertz CT molecular complexity index is 1290. The third-order valence-corrected chi connectivity index (χ3v) is 7.42. The average Bonchev–Trinajstić information content (AvgIpc) is 2.89. The highest BCUT2D eigenvalue weighted by Gasteiger charge is 2.29. The van der Waals surface area contributed by atoms with Crippen LogP contribution in [0.5, 0.6) is 5.75 Å². The zero-order valence-electron chi connectivity index (χ0n) is 21.0. The van der Waals surface area contributed by atoms with Crippen LogP contribution in [-0.2, 0) is 14.8 Å². The third kappa shape index (κ3) is 6.42. The summed E-state index contributed by atoms with van der Waals surface area (Å²) in [7, 11) is -2.60. The molecule has 0 radical (unpaired) electrons. The predicted octanol–water partition coefficient (Wildman–Crippen LogP) is 4.20. The van der Waals surface area contributed by atoms with Gasteiger partial charge in [-0.1, -0.05) is 36.4 Å². The molecule has 0 aliphatic carbocycles. The quantitative estimate of drug-likeness (QED) is 0.310. The molecular formula is C27H32N4O4S. The van der Waals surface area contributed by atoms with Crippen LogP contribution in [0.15, 0.2) is 82.8 Å². The van der Waals surface area contributed by atoms with Gasteiger partial charge >= 0.3 is 0 Å². The van der Waals surface area contributed by atoms with Crippen molar-refractivity contribution < 1.29 is 17.9 Å². The van der Waals surface area contributed by atoms with Crippen LogP contribution in [0, 0.1) is 6.92 Å². The lowest BCUT2D eigenvalue weighted by atomic mass is 10.2. The Morgan fingerprint density at radius 1 is 1.00 bits per heavy atom. The molecule has 3 aromatic carbocycles. The molecule has 0 aliphatic rings. The molecule has 0 heterocycles. The van der Waals surface area contributed by atoms with E-state index in [1.807, 2.05) is 37.3 Å². The van der Waals surface area contributed by atoms with E-state index in [0.29, 0.717) is 5.75 Å². The van der Waals surface area contributed by atoms with Gasteiger partial charge in [-0.25, -0.2) is 13.8 Å². The average molecular weight is 509 g/mol. The second-order valence-electron chi connectivity index (χ2n) is 8.06. The maximum absolute atomic E-state index is 13.5. The predicted molar refractivity (Wildman–Crippen MR) is 144 cm³/mol. The minimum Gasteiger partial charge on any atom is -0.495 e. The molecule has 9 heteroatoms. The van der Waals surface area contributed by atoms with Gasteiger partial charge in [0.1, 0.15) is 12.3 Å². The highest BCUT2D eigenvalue weighted by molar-refractivity contribution is 7.92. The summed E-state index contributed by atoms with van der Waals surface area (Å²) in [5.74, 6) is -0.251. The van der Waals surface area contributed by atoms with Gasteiger partial charge in [0, 0.05) is 18.8 Å². The molecule has 8 nitrogen and oxygen atoms in total. The van der Waals surface area contributed by atoms with Crippen molar-refractivity contribution in [3.8, 4) is 5.75 Å². The second-order valence-corrected chi connectivity index (χ2v) is 9.92. The SMILES string of the molecule is CCN(CC)c1ccc(/C=N\NC(=O)CN(c2cc(C)ccc2OC)S(=O)(=O)c2ccccc2)cc1. The standard InChI is InChI=1S/C27H32N4O4S/c1-5-30(6-2)23-15-13-22(14-16-23)19-28-29-27(32)20-31(25-18-21(3)12-17-26(25)35-4)36(33,34)24-10-8-7-9-11-24/h7-19H,5-6,20H2,1-4H3,(H,29,32)/b28-19-. The Morgan fingerprint density at radius 3 is 2.28 bits per heavy atom. The summed E-state index contributed by atoms with van der Waals surface area (Å²) < 4.78 is 33.5. The van der Waals surface area contributed by atoms with Gasteiger partial charge in [0.15, 0.2) is 0 Å². The fraction of sp³-hybridized carbons (Fsp3) is 0.259. The molecule has 3 rings (SSSR count). The second kappa shape index (κ2) is 12.2. The Morgan fingerprint density at radius 2 is 1.67 bits per heavy atom. The van der Waals surface area contributed by atoms with Crippen molar-refractivity contribution in [2.75, 3.05) is 35.9 Å². The molecule has 0 aliphatic heterocycles. The zero-order valence-corrected chi connectivity index (χ0v) is 21.8. The maximum atomic E-state index is 13.5. The smallest absolute Gasteiger partial charge is 0.264 e. The number of hydrazone groups is 1. The number of benzene rings is 3. The van der Waals surface area contributed by atoms with E-state index in [0.717, 1.165) is 34.2 Å². The molecule has 190 valence electrons. The van der Waals surface area contributed by atoms with Gasteiger partial charge < -0.3 is 9.64 Å². The number of rotatable bonds is 11. The topological polar surface area (TPSA) is 91.3 Å². The number of anilines is 2. The Labute approximate surface area is 213 Å². The van der Waals surface area contributed by atoms with E-state index in [4.69, 9.17) is 4.74 Å². The fourth-order valence-corrected chi connectivity index (χ4v) is 5.16. The lowest BCUT2D eigenvalue weighted by molar-refractivity contribution is -0.119. The first-order chi connectivity index (χ1) is 17.3. The summed E-state index contributed by atoms with van der Waals surface area (Å²) in [4.78, 5) is 15.1. The lowest BCUT2D eigenvalue weighted by Gasteiger charge is -2.25. The lowest BCUT2D eigenvalue weighted by Crippen LogP contribution is -2.39. The van der Waals surface area contributed by atoms with Crippen molar-refractivity contribution in [3.63, 3.8) is 0 Å². The highest BCUT2D eigenvalue weighted by Crippen LogP contribution is 2.33.